The number of aromatic carboxylic acids is 1. The first kappa shape index (κ1) is 22.3. The summed E-state index contributed by atoms with van der Waals surface area (Å²) in [6.45, 7) is 3.43. The second-order valence-electron chi connectivity index (χ2n) is 7.70. The van der Waals surface area contributed by atoms with E-state index >= 15 is 0 Å². The maximum Gasteiger partial charge on any atom is 0.335 e. The molecule has 9 heteroatoms. The molecule has 1 aliphatic heterocycles. The number of carboxylic acid groups (broad SMARTS) is 1. The van der Waals surface area contributed by atoms with E-state index in [1.807, 2.05) is 11.9 Å². The Kier molecular flexibility index (Phi) is 6.50. The van der Waals surface area contributed by atoms with E-state index in [9.17, 15) is 14.7 Å². The Hall–Kier alpha value is -2.87. The third kappa shape index (κ3) is 4.50. The number of carboxylic acids is 1. The predicted octanol–water partition coefficient (Wildman–Crippen LogP) is 4.98. The number of rotatable bonds is 5. The molecule has 1 fully saturated rings. The van der Waals surface area contributed by atoms with Gasteiger partial charge in [-0.3, -0.25) is 10.2 Å². The van der Waals surface area contributed by atoms with Crippen LogP contribution in [0.4, 0.5) is 0 Å². The minimum Gasteiger partial charge on any atom is -0.478 e. The molecule has 0 unspecified atom stereocenters. The molecule has 1 saturated heterocycles. The molecule has 7 nitrogen and oxygen atoms in total. The van der Waals surface area contributed by atoms with Gasteiger partial charge in [0.15, 0.2) is 5.69 Å². The monoisotopic (exact) mass is 472 g/mol. The van der Waals surface area contributed by atoms with Crippen LogP contribution in [0.3, 0.4) is 0 Å². The number of aromatic nitrogens is 2. The van der Waals surface area contributed by atoms with Gasteiger partial charge in [0.05, 0.1) is 22.0 Å². The fraction of sp³-hybridized carbons (Fsp3) is 0.261. The van der Waals surface area contributed by atoms with Crippen LogP contribution >= 0.6 is 23.2 Å². The largest absolute Gasteiger partial charge is 0.478 e. The Morgan fingerprint density at radius 3 is 2.34 bits per heavy atom. The first-order valence-electron chi connectivity index (χ1n) is 10.3. The highest BCUT2D eigenvalue weighted by Crippen LogP contribution is 2.33. The van der Waals surface area contributed by atoms with Gasteiger partial charge in [0.2, 0.25) is 0 Å². The van der Waals surface area contributed by atoms with E-state index in [1.165, 1.54) is 12.1 Å². The number of amides is 1. The maximum atomic E-state index is 13.1. The van der Waals surface area contributed by atoms with Crippen LogP contribution in [0.2, 0.25) is 10.0 Å². The average Bonchev–Trinajstić information content (AvgIpc) is 3.11. The van der Waals surface area contributed by atoms with Crippen molar-refractivity contribution in [1.29, 1.82) is 0 Å². The van der Waals surface area contributed by atoms with E-state index in [0.29, 0.717) is 32.6 Å². The van der Waals surface area contributed by atoms with Crippen LogP contribution < -0.4 is 5.43 Å². The van der Waals surface area contributed by atoms with Crippen LogP contribution in [0.25, 0.3) is 16.9 Å². The summed E-state index contributed by atoms with van der Waals surface area (Å²) in [4.78, 5) is 24.3. The summed E-state index contributed by atoms with van der Waals surface area (Å²) in [6.07, 6.45) is 3.23. The van der Waals surface area contributed by atoms with Gasteiger partial charge in [-0.15, -0.1) is 0 Å². The van der Waals surface area contributed by atoms with Crippen LogP contribution in [0, 0.1) is 6.92 Å². The van der Waals surface area contributed by atoms with Crippen molar-refractivity contribution in [3.05, 3.63) is 69.3 Å². The molecular formula is C23H22Cl2N4O3. The third-order valence-electron chi connectivity index (χ3n) is 5.50. The highest BCUT2D eigenvalue weighted by molar-refractivity contribution is 6.35. The molecule has 0 saturated carbocycles. The minimum atomic E-state index is -1.01. The summed E-state index contributed by atoms with van der Waals surface area (Å²) in [5.74, 6) is -1.30. The van der Waals surface area contributed by atoms with Gasteiger partial charge in [-0.05, 0) is 50.1 Å². The topological polar surface area (TPSA) is 87.5 Å². The first-order valence-corrected chi connectivity index (χ1v) is 11.1. The summed E-state index contributed by atoms with van der Waals surface area (Å²) >= 11 is 12.5. The smallest absolute Gasteiger partial charge is 0.335 e. The average molecular weight is 473 g/mol. The molecule has 4 rings (SSSR count). The zero-order valence-electron chi connectivity index (χ0n) is 17.4. The van der Waals surface area contributed by atoms with Crippen LogP contribution in [0.15, 0.2) is 42.5 Å². The molecule has 2 heterocycles. The van der Waals surface area contributed by atoms with Crippen LogP contribution in [0.1, 0.15) is 45.7 Å². The second-order valence-corrected chi connectivity index (χ2v) is 8.54. The van der Waals surface area contributed by atoms with Crippen molar-refractivity contribution in [2.75, 3.05) is 13.1 Å². The lowest BCUT2D eigenvalue weighted by Gasteiger charge is -2.26. The summed E-state index contributed by atoms with van der Waals surface area (Å²) in [5, 5.41) is 16.6. The lowest BCUT2D eigenvalue weighted by atomic mass is 10.0. The fourth-order valence-corrected chi connectivity index (χ4v) is 4.34. The maximum absolute atomic E-state index is 13.1. The molecule has 0 spiro atoms. The molecule has 0 radical (unpaired) electrons. The SMILES string of the molecule is Cc1c(C(=O)NN2CCCCC2)nn(-c2ccc(Cl)cc2Cl)c1-c1ccc(C(=O)O)cc1. The number of carbonyl (C=O) groups excluding carboxylic acids is 1. The normalized spacial score (nSPS) is 14.3. The van der Waals surface area contributed by atoms with Gasteiger partial charge < -0.3 is 5.11 Å². The van der Waals surface area contributed by atoms with Gasteiger partial charge >= 0.3 is 5.97 Å². The molecule has 2 N–H and O–H groups in total. The molecule has 1 aromatic heterocycles. The Morgan fingerprint density at radius 1 is 1.03 bits per heavy atom. The van der Waals surface area contributed by atoms with E-state index in [4.69, 9.17) is 23.2 Å². The molecule has 166 valence electrons. The highest BCUT2D eigenvalue weighted by atomic mass is 35.5. The summed E-state index contributed by atoms with van der Waals surface area (Å²) < 4.78 is 1.61. The number of hydrazine groups is 1. The van der Waals surface area contributed by atoms with E-state index < -0.39 is 5.97 Å². The van der Waals surface area contributed by atoms with E-state index in [2.05, 4.69) is 10.5 Å². The van der Waals surface area contributed by atoms with Crippen molar-refractivity contribution in [3.8, 4) is 16.9 Å². The first-order chi connectivity index (χ1) is 15.3. The van der Waals surface area contributed by atoms with Crippen molar-refractivity contribution >= 4 is 35.1 Å². The second kappa shape index (κ2) is 9.32. The van der Waals surface area contributed by atoms with Gasteiger partial charge in [-0.2, -0.15) is 5.10 Å². The molecule has 0 aliphatic carbocycles. The van der Waals surface area contributed by atoms with Gasteiger partial charge in [0, 0.05) is 29.2 Å². The molecule has 0 bridgehead atoms. The van der Waals surface area contributed by atoms with Crippen molar-refractivity contribution in [1.82, 2.24) is 20.2 Å². The number of piperidine rings is 1. The van der Waals surface area contributed by atoms with Crippen LogP contribution in [0.5, 0.6) is 0 Å². The predicted molar refractivity (Wildman–Crippen MR) is 124 cm³/mol. The summed E-state index contributed by atoms with van der Waals surface area (Å²) in [6, 6.07) is 11.5. The number of nitrogens with zero attached hydrogens (tertiary/aromatic N) is 3. The van der Waals surface area contributed by atoms with E-state index in [-0.39, 0.29) is 17.2 Å². The van der Waals surface area contributed by atoms with Gasteiger partial charge in [-0.1, -0.05) is 41.8 Å². The fourth-order valence-electron chi connectivity index (χ4n) is 3.85. The Balaban J connectivity index is 1.80. The molecule has 2 aromatic carbocycles. The minimum absolute atomic E-state index is 0.171. The van der Waals surface area contributed by atoms with Gasteiger partial charge in [0.25, 0.3) is 5.91 Å². The third-order valence-corrected chi connectivity index (χ3v) is 6.03. The van der Waals surface area contributed by atoms with Crippen LogP contribution in [-0.2, 0) is 0 Å². The van der Waals surface area contributed by atoms with Crippen molar-refractivity contribution in [2.45, 2.75) is 26.2 Å². The van der Waals surface area contributed by atoms with Crippen molar-refractivity contribution in [2.24, 2.45) is 0 Å². The standard InChI is InChI=1S/C23H22Cl2N4O3/c1-14-20(22(30)27-28-11-3-2-4-12-28)26-29(19-10-9-17(24)13-18(19)25)21(14)15-5-7-16(8-6-15)23(31)32/h5-10,13H,2-4,11-12H2,1H3,(H,27,30)(H,31,32). The summed E-state index contributed by atoms with van der Waals surface area (Å²) in [7, 11) is 0. The molecule has 0 atom stereocenters. The lowest BCUT2D eigenvalue weighted by molar-refractivity contribution is 0.0695. The lowest BCUT2D eigenvalue weighted by Crippen LogP contribution is -2.45. The van der Waals surface area contributed by atoms with Crippen molar-refractivity contribution in [3.63, 3.8) is 0 Å². The Bertz CT molecular complexity index is 1170. The van der Waals surface area contributed by atoms with Gasteiger partial charge in [-0.25, -0.2) is 14.5 Å². The number of hydrogen-bond donors (Lipinski definition) is 2. The molecule has 1 aliphatic rings. The van der Waals surface area contributed by atoms with E-state index in [0.717, 1.165) is 32.4 Å². The zero-order valence-corrected chi connectivity index (χ0v) is 19.0. The summed E-state index contributed by atoms with van der Waals surface area (Å²) in [5.41, 5.74) is 5.99. The van der Waals surface area contributed by atoms with E-state index in [1.54, 1.807) is 35.0 Å². The Morgan fingerprint density at radius 2 is 1.72 bits per heavy atom. The van der Waals surface area contributed by atoms with Crippen LogP contribution in [-0.4, -0.2) is 44.9 Å². The molecular weight excluding hydrogens is 451 g/mol. The molecule has 1 amide bonds. The molecule has 32 heavy (non-hydrogen) atoms. The number of hydrogen-bond acceptors (Lipinski definition) is 4. The number of halogens is 2. The Labute approximate surface area is 195 Å². The van der Waals surface area contributed by atoms with Crippen molar-refractivity contribution < 1.29 is 14.7 Å². The quantitative estimate of drug-likeness (QED) is 0.546. The van der Waals surface area contributed by atoms with Gasteiger partial charge in [0.1, 0.15) is 0 Å². The molecule has 3 aromatic rings. The zero-order chi connectivity index (χ0) is 22.8. The number of nitrogens with one attached hydrogen (secondary N) is 1. The highest BCUT2D eigenvalue weighted by Gasteiger charge is 2.25. The number of carbonyl (C=O) groups is 2. The number of benzene rings is 2.